The number of hydrogen-bond donors (Lipinski definition) is 2. The van der Waals surface area contributed by atoms with Crippen LogP contribution in [0.4, 0.5) is 0 Å². The molecule has 1 aliphatic rings. The normalized spacial score (nSPS) is 22.8. The van der Waals surface area contributed by atoms with Crippen molar-refractivity contribution in [3.63, 3.8) is 0 Å². The van der Waals surface area contributed by atoms with E-state index in [2.05, 4.69) is 41.4 Å². The minimum atomic E-state index is -0.000110. The number of amides is 1. The van der Waals surface area contributed by atoms with Gasteiger partial charge in [0.15, 0.2) is 5.96 Å². The monoisotopic (exact) mass is 296 g/mol. The zero-order chi connectivity index (χ0) is 15.7. The molecular formula is C16H32N4O. The minimum Gasteiger partial charge on any atom is -0.357 e. The summed E-state index contributed by atoms with van der Waals surface area (Å²) in [7, 11) is 2.11. The molecule has 1 amide bonds. The van der Waals surface area contributed by atoms with E-state index in [-0.39, 0.29) is 5.91 Å². The van der Waals surface area contributed by atoms with Gasteiger partial charge in [-0.25, -0.2) is 0 Å². The summed E-state index contributed by atoms with van der Waals surface area (Å²) >= 11 is 0. The predicted octanol–water partition coefficient (Wildman–Crippen LogP) is 1.85. The number of carbonyl (C=O) groups is 1. The number of aliphatic imine (C=N–C) groups is 1. The highest BCUT2D eigenvalue weighted by Gasteiger charge is 2.20. The van der Waals surface area contributed by atoms with E-state index in [4.69, 9.17) is 0 Å². The molecular weight excluding hydrogens is 264 g/mol. The third-order valence-corrected chi connectivity index (χ3v) is 4.11. The Morgan fingerprint density at radius 2 is 1.90 bits per heavy atom. The van der Waals surface area contributed by atoms with Gasteiger partial charge in [0.25, 0.3) is 0 Å². The van der Waals surface area contributed by atoms with Gasteiger partial charge in [0, 0.05) is 33.6 Å². The van der Waals surface area contributed by atoms with Crippen LogP contribution in [0.25, 0.3) is 0 Å². The average molecular weight is 296 g/mol. The van der Waals surface area contributed by atoms with Crippen molar-refractivity contribution in [1.82, 2.24) is 15.5 Å². The molecule has 0 spiro atoms. The minimum absolute atomic E-state index is 0.000110. The molecule has 0 unspecified atom stereocenters. The van der Waals surface area contributed by atoms with Gasteiger partial charge >= 0.3 is 0 Å². The van der Waals surface area contributed by atoms with Crippen LogP contribution in [0.2, 0.25) is 0 Å². The molecule has 0 aromatic carbocycles. The van der Waals surface area contributed by atoms with Gasteiger partial charge in [0.2, 0.25) is 5.91 Å². The van der Waals surface area contributed by atoms with Crippen molar-refractivity contribution >= 4 is 11.9 Å². The van der Waals surface area contributed by atoms with Gasteiger partial charge in [0.1, 0.15) is 0 Å². The van der Waals surface area contributed by atoms with Gasteiger partial charge in [-0.1, -0.05) is 19.8 Å². The number of nitrogens with one attached hydrogen (secondary N) is 2. The number of nitrogens with zero attached hydrogens (tertiary/aromatic N) is 2. The Morgan fingerprint density at radius 1 is 1.24 bits per heavy atom. The molecule has 2 N–H and O–H groups in total. The molecule has 5 nitrogen and oxygen atoms in total. The van der Waals surface area contributed by atoms with Crippen molar-refractivity contribution in [1.29, 1.82) is 0 Å². The zero-order valence-corrected chi connectivity index (χ0v) is 14.1. The van der Waals surface area contributed by atoms with E-state index in [9.17, 15) is 4.79 Å². The summed E-state index contributed by atoms with van der Waals surface area (Å²) in [6, 6.07) is 0. The Bertz CT molecular complexity index is 335. The van der Waals surface area contributed by atoms with Gasteiger partial charge in [-0.05, 0) is 31.6 Å². The molecule has 5 heteroatoms. The third kappa shape index (κ3) is 7.34. The Hall–Kier alpha value is -1.26. The summed E-state index contributed by atoms with van der Waals surface area (Å²) in [5, 5.41) is 6.11. The summed E-state index contributed by atoms with van der Waals surface area (Å²) in [5.74, 6) is 2.62. The van der Waals surface area contributed by atoms with E-state index >= 15 is 0 Å². The SMILES string of the molecule is CCNC(=NCCNC(C)=O)N(C)CC1CCC(C)CC1. The Morgan fingerprint density at radius 3 is 2.48 bits per heavy atom. The molecule has 1 rings (SSSR count). The molecule has 0 radical (unpaired) electrons. The van der Waals surface area contributed by atoms with E-state index in [0.717, 1.165) is 30.9 Å². The lowest BCUT2D eigenvalue weighted by atomic mass is 9.83. The van der Waals surface area contributed by atoms with E-state index in [1.807, 2.05) is 0 Å². The van der Waals surface area contributed by atoms with Crippen LogP contribution in [0.5, 0.6) is 0 Å². The molecule has 0 saturated heterocycles. The first-order valence-corrected chi connectivity index (χ1v) is 8.26. The average Bonchev–Trinajstić information content (AvgIpc) is 2.44. The second-order valence-corrected chi connectivity index (χ2v) is 6.23. The van der Waals surface area contributed by atoms with Crippen LogP contribution in [0.15, 0.2) is 4.99 Å². The first-order chi connectivity index (χ1) is 10.0. The van der Waals surface area contributed by atoms with Crippen LogP contribution in [0, 0.1) is 11.8 Å². The molecule has 0 aromatic rings. The smallest absolute Gasteiger partial charge is 0.216 e. The molecule has 21 heavy (non-hydrogen) atoms. The standard InChI is InChI=1S/C16H32N4O/c1-5-17-16(19-11-10-18-14(3)21)20(4)12-15-8-6-13(2)7-9-15/h13,15H,5-12H2,1-4H3,(H,17,19)(H,18,21). The highest BCUT2D eigenvalue weighted by Crippen LogP contribution is 2.28. The van der Waals surface area contributed by atoms with Crippen molar-refractivity contribution in [2.75, 3.05) is 33.2 Å². The van der Waals surface area contributed by atoms with Gasteiger partial charge < -0.3 is 15.5 Å². The molecule has 1 aliphatic carbocycles. The summed E-state index contributed by atoms with van der Waals surface area (Å²) < 4.78 is 0. The van der Waals surface area contributed by atoms with Crippen LogP contribution in [-0.2, 0) is 4.79 Å². The maximum absolute atomic E-state index is 10.9. The lowest BCUT2D eigenvalue weighted by Crippen LogP contribution is -2.42. The van der Waals surface area contributed by atoms with Gasteiger partial charge in [0.05, 0.1) is 6.54 Å². The fraction of sp³-hybridized carbons (Fsp3) is 0.875. The first kappa shape index (κ1) is 17.8. The molecule has 0 bridgehead atoms. The second-order valence-electron chi connectivity index (χ2n) is 6.23. The number of rotatable bonds is 6. The topological polar surface area (TPSA) is 56.7 Å². The summed E-state index contributed by atoms with van der Waals surface area (Å²) in [6.07, 6.45) is 5.37. The molecule has 1 saturated carbocycles. The maximum atomic E-state index is 10.9. The van der Waals surface area contributed by atoms with Crippen LogP contribution < -0.4 is 10.6 Å². The van der Waals surface area contributed by atoms with Gasteiger partial charge in [-0.3, -0.25) is 9.79 Å². The number of carbonyl (C=O) groups excluding carboxylic acids is 1. The maximum Gasteiger partial charge on any atom is 0.216 e. The van der Waals surface area contributed by atoms with Crippen molar-refractivity contribution < 1.29 is 4.79 Å². The first-order valence-electron chi connectivity index (χ1n) is 8.26. The fourth-order valence-electron chi connectivity index (χ4n) is 2.85. The van der Waals surface area contributed by atoms with Crippen LogP contribution >= 0.6 is 0 Å². The largest absolute Gasteiger partial charge is 0.357 e. The van der Waals surface area contributed by atoms with E-state index in [1.54, 1.807) is 0 Å². The quantitative estimate of drug-likeness (QED) is 0.447. The molecule has 1 fully saturated rings. The van der Waals surface area contributed by atoms with Crippen molar-refractivity contribution in [2.24, 2.45) is 16.8 Å². The van der Waals surface area contributed by atoms with Gasteiger partial charge in [-0.2, -0.15) is 0 Å². The Labute approximate surface area is 129 Å². The van der Waals surface area contributed by atoms with E-state index < -0.39 is 0 Å². The highest BCUT2D eigenvalue weighted by molar-refractivity contribution is 5.79. The molecule has 122 valence electrons. The number of hydrogen-bond acceptors (Lipinski definition) is 2. The van der Waals surface area contributed by atoms with Crippen molar-refractivity contribution in [3.8, 4) is 0 Å². The second kappa shape index (κ2) is 9.64. The zero-order valence-electron chi connectivity index (χ0n) is 14.1. The molecule has 0 aliphatic heterocycles. The predicted molar refractivity (Wildman–Crippen MR) is 88.4 cm³/mol. The number of guanidine groups is 1. The molecule has 0 atom stereocenters. The highest BCUT2D eigenvalue weighted by atomic mass is 16.1. The molecule has 0 heterocycles. The summed E-state index contributed by atoms with van der Waals surface area (Å²) in [5.41, 5.74) is 0. The van der Waals surface area contributed by atoms with E-state index in [1.165, 1.54) is 32.6 Å². The lowest BCUT2D eigenvalue weighted by Gasteiger charge is -2.31. The summed E-state index contributed by atoms with van der Waals surface area (Å²) in [4.78, 5) is 17.7. The summed E-state index contributed by atoms with van der Waals surface area (Å²) in [6.45, 7) is 9.12. The third-order valence-electron chi connectivity index (χ3n) is 4.11. The van der Waals surface area contributed by atoms with Crippen molar-refractivity contribution in [3.05, 3.63) is 0 Å². The van der Waals surface area contributed by atoms with E-state index in [0.29, 0.717) is 13.1 Å². The van der Waals surface area contributed by atoms with Crippen LogP contribution in [0.3, 0.4) is 0 Å². The Kier molecular flexibility index (Phi) is 8.16. The van der Waals surface area contributed by atoms with Gasteiger partial charge in [-0.15, -0.1) is 0 Å². The lowest BCUT2D eigenvalue weighted by molar-refractivity contribution is -0.118. The van der Waals surface area contributed by atoms with Crippen molar-refractivity contribution in [2.45, 2.75) is 46.5 Å². The fourth-order valence-corrected chi connectivity index (χ4v) is 2.85. The Balaban J connectivity index is 2.42. The van der Waals surface area contributed by atoms with Crippen LogP contribution in [0.1, 0.15) is 46.5 Å². The molecule has 0 aromatic heterocycles. The van der Waals surface area contributed by atoms with Crippen LogP contribution in [-0.4, -0.2) is 50.0 Å².